The standard InChI is InChI=1S/C9H13NO2S.K.H/c1-7(2)8-3-5-9(6-4-8)13(10,11)12;;/h3-7H,1-2H3,(H2,10,11,12);;. The van der Waals surface area contributed by atoms with E-state index in [4.69, 9.17) is 5.14 Å². The Bertz CT molecular complexity index is 384. The molecule has 0 aromatic heterocycles. The van der Waals surface area contributed by atoms with Crippen molar-refractivity contribution < 1.29 is 8.42 Å². The predicted octanol–water partition coefficient (Wildman–Crippen LogP) is 0.809. The van der Waals surface area contributed by atoms with Crippen LogP contribution in [0.4, 0.5) is 0 Å². The molecule has 0 unspecified atom stereocenters. The van der Waals surface area contributed by atoms with E-state index in [1.54, 1.807) is 12.1 Å². The van der Waals surface area contributed by atoms with Crippen LogP contribution in [0.3, 0.4) is 0 Å². The zero-order valence-electron chi connectivity index (χ0n) is 7.69. The van der Waals surface area contributed by atoms with E-state index in [-0.39, 0.29) is 56.3 Å². The van der Waals surface area contributed by atoms with Gasteiger partial charge < -0.3 is 0 Å². The molecule has 0 amide bonds. The number of primary sulfonamides is 1. The number of nitrogens with two attached hydrogens (primary N) is 1. The molecule has 0 radical (unpaired) electrons. The first kappa shape index (κ1) is 14.8. The summed E-state index contributed by atoms with van der Waals surface area (Å²) in [4.78, 5) is 0.164. The number of hydrogen-bond acceptors (Lipinski definition) is 2. The molecule has 5 heteroatoms. The Morgan fingerprint density at radius 1 is 1.14 bits per heavy atom. The normalized spacial score (nSPS) is 11.1. The molecule has 0 fully saturated rings. The molecule has 0 aliphatic heterocycles. The van der Waals surface area contributed by atoms with Gasteiger partial charge in [0.25, 0.3) is 0 Å². The van der Waals surface area contributed by atoms with Crippen molar-refractivity contribution >= 4 is 61.4 Å². The fourth-order valence-corrected chi connectivity index (χ4v) is 1.56. The van der Waals surface area contributed by atoms with Gasteiger partial charge in [-0.05, 0) is 23.6 Å². The van der Waals surface area contributed by atoms with Gasteiger partial charge in [-0.15, -0.1) is 0 Å². The molecule has 0 saturated heterocycles. The van der Waals surface area contributed by atoms with Crippen LogP contribution < -0.4 is 5.14 Å². The summed E-state index contributed by atoms with van der Waals surface area (Å²) in [5.74, 6) is 0.398. The second-order valence-electron chi connectivity index (χ2n) is 3.27. The van der Waals surface area contributed by atoms with Crippen LogP contribution in [-0.2, 0) is 10.0 Å². The summed E-state index contributed by atoms with van der Waals surface area (Å²) in [5, 5.41) is 4.96. The quantitative estimate of drug-likeness (QED) is 0.776. The Hall–Kier alpha value is 0.766. The van der Waals surface area contributed by atoms with Crippen molar-refractivity contribution in [1.82, 2.24) is 0 Å². The second-order valence-corrected chi connectivity index (χ2v) is 4.83. The summed E-state index contributed by atoms with van der Waals surface area (Å²) in [7, 11) is -3.55. The number of hydrogen-bond donors (Lipinski definition) is 1. The van der Waals surface area contributed by atoms with Crippen LogP contribution in [0.2, 0.25) is 0 Å². The Labute approximate surface area is 128 Å². The van der Waals surface area contributed by atoms with Gasteiger partial charge in [0.2, 0.25) is 10.0 Å². The molecule has 74 valence electrons. The third-order valence-electron chi connectivity index (χ3n) is 1.88. The summed E-state index contributed by atoms with van der Waals surface area (Å²) >= 11 is 0. The molecule has 0 atom stereocenters. The van der Waals surface area contributed by atoms with Gasteiger partial charge in [-0.1, -0.05) is 26.0 Å². The first-order valence-corrected chi connectivity index (χ1v) is 5.58. The molecule has 0 aliphatic carbocycles. The van der Waals surface area contributed by atoms with Crippen LogP contribution in [0.5, 0.6) is 0 Å². The molecule has 2 N–H and O–H groups in total. The average Bonchev–Trinajstić information content (AvgIpc) is 2.03. The summed E-state index contributed by atoms with van der Waals surface area (Å²) in [6.45, 7) is 4.10. The van der Waals surface area contributed by atoms with E-state index in [0.29, 0.717) is 5.92 Å². The molecule has 14 heavy (non-hydrogen) atoms. The molecule has 0 spiro atoms. The molecule has 0 saturated carbocycles. The second kappa shape index (κ2) is 5.74. The Balaban J connectivity index is 0.00000169. The van der Waals surface area contributed by atoms with Gasteiger partial charge in [0.05, 0.1) is 4.90 Å². The van der Waals surface area contributed by atoms with E-state index in [2.05, 4.69) is 0 Å². The average molecular weight is 239 g/mol. The van der Waals surface area contributed by atoms with Crippen molar-refractivity contribution in [3.8, 4) is 0 Å². The monoisotopic (exact) mass is 239 g/mol. The number of benzene rings is 1. The van der Waals surface area contributed by atoms with Crippen LogP contribution in [0, 0.1) is 0 Å². The Kier molecular flexibility index (Phi) is 6.06. The fraction of sp³-hybridized carbons (Fsp3) is 0.333. The summed E-state index contributed by atoms with van der Waals surface area (Å²) < 4.78 is 21.8. The van der Waals surface area contributed by atoms with Gasteiger partial charge in [-0.25, -0.2) is 13.6 Å². The predicted molar refractivity (Wildman–Crippen MR) is 59.1 cm³/mol. The Morgan fingerprint density at radius 2 is 1.57 bits per heavy atom. The zero-order valence-corrected chi connectivity index (χ0v) is 8.51. The molecule has 0 bridgehead atoms. The minimum absolute atomic E-state index is 0. The molecule has 0 aliphatic rings. The minimum atomic E-state index is -3.55. The van der Waals surface area contributed by atoms with Crippen molar-refractivity contribution in [2.75, 3.05) is 0 Å². The fourth-order valence-electron chi connectivity index (χ4n) is 1.04. The van der Waals surface area contributed by atoms with Crippen LogP contribution in [0.25, 0.3) is 0 Å². The number of sulfonamides is 1. The van der Waals surface area contributed by atoms with Gasteiger partial charge in [0.1, 0.15) is 0 Å². The van der Waals surface area contributed by atoms with Gasteiger partial charge in [-0.3, -0.25) is 0 Å². The first-order valence-electron chi connectivity index (χ1n) is 4.04. The molecular formula is C9H14KNO2S. The van der Waals surface area contributed by atoms with E-state index in [1.165, 1.54) is 12.1 Å². The SMILES string of the molecule is CC(C)c1ccc(S(N)(=O)=O)cc1.[KH]. The molecule has 3 nitrogen and oxygen atoms in total. The van der Waals surface area contributed by atoms with Crippen molar-refractivity contribution in [3.63, 3.8) is 0 Å². The molecule has 1 rings (SSSR count). The topological polar surface area (TPSA) is 60.2 Å². The van der Waals surface area contributed by atoms with Crippen LogP contribution in [0.15, 0.2) is 29.2 Å². The number of rotatable bonds is 2. The first-order chi connectivity index (χ1) is 5.91. The third kappa shape index (κ3) is 4.10. The summed E-state index contributed by atoms with van der Waals surface area (Å²) in [6, 6.07) is 6.63. The van der Waals surface area contributed by atoms with E-state index in [9.17, 15) is 8.42 Å². The zero-order chi connectivity index (χ0) is 10.1. The van der Waals surface area contributed by atoms with Gasteiger partial charge in [-0.2, -0.15) is 0 Å². The van der Waals surface area contributed by atoms with Crippen molar-refractivity contribution in [2.24, 2.45) is 5.14 Å². The summed E-state index contributed by atoms with van der Waals surface area (Å²) in [6.07, 6.45) is 0. The molecular weight excluding hydrogens is 225 g/mol. The van der Waals surface area contributed by atoms with Crippen LogP contribution in [-0.4, -0.2) is 59.8 Å². The maximum absolute atomic E-state index is 10.9. The third-order valence-corrected chi connectivity index (χ3v) is 2.80. The van der Waals surface area contributed by atoms with E-state index in [1.807, 2.05) is 13.8 Å². The van der Waals surface area contributed by atoms with Crippen molar-refractivity contribution in [3.05, 3.63) is 29.8 Å². The molecule has 1 aromatic rings. The van der Waals surface area contributed by atoms with Gasteiger partial charge >= 0.3 is 51.4 Å². The molecule has 1 aromatic carbocycles. The summed E-state index contributed by atoms with van der Waals surface area (Å²) in [5.41, 5.74) is 1.10. The van der Waals surface area contributed by atoms with Gasteiger partial charge in [0, 0.05) is 0 Å². The van der Waals surface area contributed by atoms with Crippen molar-refractivity contribution in [2.45, 2.75) is 24.7 Å². The van der Waals surface area contributed by atoms with E-state index < -0.39 is 10.0 Å². The van der Waals surface area contributed by atoms with Crippen LogP contribution >= 0.6 is 0 Å². The Morgan fingerprint density at radius 3 is 1.86 bits per heavy atom. The van der Waals surface area contributed by atoms with Crippen LogP contribution in [0.1, 0.15) is 25.3 Å². The van der Waals surface area contributed by atoms with Gasteiger partial charge in [0.15, 0.2) is 0 Å². The molecule has 0 heterocycles. The van der Waals surface area contributed by atoms with E-state index in [0.717, 1.165) is 5.56 Å². The van der Waals surface area contributed by atoms with E-state index >= 15 is 0 Å². The van der Waals surface area contributed by atoms with Crippen molar-refractivity contribution in [1.29, 1.82) is 0 Å². The maximum atomic E-state index is 10.9.